The molecule has 0 radical (unpaired) electrons. The molecule has 0 spiro atoms. The molecule has 1 aromatic rings. The minimum Gasteiger partial charge on any atom is -0.310 e. The van der Waals surface area contributed by atoms with E-state index in [0.717, 1.165) is 30.6 Å². The SMILES string of the molecule is CCCNC1CC(C)(C)Cc2nc(CC(F)(F)F)ncc21. The zero-order valence-electron chi connectivity index (χ0n) is 12.7. The molecule has 3 nitrogen and oxygen atoms in total. The standard InChI is InChI=1S/C15H22F3N3/c1-4-5-19-11-6-14(2,3)7-12-10(11)9-20-13(21-12)8-15(16,17)18/h9,11,19H,4-8H2,1-3H3. The predicted molar refractivity (Wildman–Crippen MR) is 74.9 cm³/mol. The Kier molecular flexibility index (Phi) is 4.56. The summed E-state index contributed by atoms with van der Waals surface area (Å²) >= 11 is 0. The summed E-state index contributed by atoms with van der Waals surface area (Å²) in [5.74, 6) is -0.131. The monoisotopic (exact) mass is 301 g/mol. The number of fused-ring (bicyclic) bond motifs is 1. The summed E-state index contributed by atoms with van der Waals surface area (Å²) in [7, 11) is 0. The van der Waals surface area contributed by atoms with Crippen molar-refractivity contribution in [2.24, 2.45) is 5.41 Å². The lowest BCUT2D eigenvalue weighted by Gasteiger charge is -2.36. The fourth-order valence-electron chi connectivity index (χ4n) is 2.85. The van der Waals surface area contributed by atoms with Gasteiger partial charge in [0.1, 0.15) is 12.2 Å². The maximum atomic E-state index is 12.5. The summed E-state index contributed by atoms with van der Waals surface area (Å²) < 4.78 is 37.4. The minimum absolute atomic E-state index is 0.0300. The van der Waals surface area contributed by atoms with Crippen molar-refractivity contribution in [3.05, 3.63) is 23.3 Å². The second-order valence-electron chi connectivity index (χ2n) is 6.53. The Morgan fingerprint density at radius 2 is 2.10 bits per heavy atom. The number of nitrogens with one attached hydrogen (secondary N) is 1. The third-order valence-corrected chi connectivity index (χ3v) is 3.73. The van der Waals surface area contributed by atoms with Gasteiger partial charge in [-0.15, -0.1) is 0 Å². The van der Waals surface area contributed by atoms with Crippen molar-refractivity contribution in [1.82, 2.24) is 15.3 Å². The first kappa shape index (κ1) is 16.2. The summed E-state index contributed by atoms with van der Waals surface area (Å²) in [6, 6.07) is 0.128. The molecule has 0 bridgehead atoms. The summed E-state index contributed by atoms with van der Waals surface area (Å²) in [4.78, 5) is 8.09. The smallest absolute Gasteiger partial charge is 0.310 e. The summed E-state index contributed by atoms with van der Waals surface area (Å²) in [6.45, 7) is 7.22. The van der Waals surface area contributed by atoms with E-state index < -0.39 is 12.6 Å². The first-order valence-corrected chi connectivity index (χ1v) is 7.35. The van der Waals surface area contributed by atoms with Crippen molar-refractivity contribution < 1.29 is 13.2 Å². The zero-order valence-corrected chi connectivity index (χ0v) is 12.7. The Hall–Kier alpha value is -1.17. The van der Waals surface area contributed by atoms with Gasteiger partial charge in [-0.2, -0.15) is 13.2 Å². The molecule has 0 amide bonds. The fraction of sp³-hybridized carbons (Fsp3) is 0.733. The Labute approximate surface area is 123 Å². The average molecular weight is 301 g/mol. The first-order chi connectivity index (χ1) is 9.70. The molecule has 0 fully saturated rings. The third-order valence-electron chi connectivity index (χ3n) is 3.73. The molecule has 1 heterocycles. The highest BCUT2D eigenvalue weighted by Gasteiger charge is 2.35. The molecule has 2 rings (SSSR count). The van der Waals surface area contributed by atoms with Gasteiger partial charge in [0.2, 0.25) is 0 Å². The lowest BCUT2D eigenvalue weighted by Crippen LogP contribution is -2.35. The molecule has 1 unspecified atom stereocenters. The molecule has 0 saturated carbocycles. The highest BCUT2D eigenvalue weighted by Crippen LogP contribution is 2.39. The van der Waals surface area contributed by atoms with E-state index in [-0.39, 0.29) is 17.3 Å². The van der Waals surface area contributed by atoms with Crippen LogP contribution in [-0.4, -0.2) is 22.7 Å². The van der Waals surface area contributed by atoms with E-state index in [2.05, 4.69) is 36.1 Å². The average Bonchev–Trinajstić information content (AvgIpc) is 2.32. The maximum absolute atomic E-state index is 12.5. The van der Waals surface area contributed by atoms with E-state index in [4.69, 9.17) is 0 Å². The van der Waals surface area contributed by atoms with E-state index in [1.807, 2.05) is 0 Å². The Balaban J connectivity index is 2.28. The van der Waals surface area contributed by atoms with Crippen molar-refractivity contribution in [3.8, 4) is 0 Å². The van der Waals surface area contributed by atoms with E-state index >= 15 is 0 Å². The Morgan fingerprint density at radius 3 is 2.71 bits per heavy atom. The van der Waals surface area contributed by atoms with Crippen LogP contribution in [-0.2, 0) is 12.8 Å². The molecule has 1 aliphatic carbocycles. The van der Waals surface area contributed by atoms with Gasteiger partial charge in [0.05, 0.1) is 0 Å². The van der Waals surface area contributed by atoms with Crippen molar-refractivity contribution in [2.75, 3.05) is 6.54 Å². The van der Waals surface area contributed by atoms with Gasteiger partial charge in [0.25, 0.3) is 0 Å². The highest BCUT2D eigenvalue weighted by atomic mass is 19.4. The molecule has 1 N–H and O–H groups in total. The van der Waals surface area contributed by atoms with Gasteiger partial charge in [0.15, 0.2) is 0 Å². The molecule has 1 atom stereocenters. The number of nitrogens with zero attached hydrogens (tertiary/aromatic N) is 2. The van der Waals surface area contributed by atoms with Crippen LogP contribution in [0.1, 0.15) is 56.7 Å². The highest BCUT2D eigenvalue weighted by molar-refractivity contribution is 5.27. The topological polar surface area (TPSA) is 37.8 Å². The van der Waals surface area contributed by atoms with Crippen LogP contribution in [0.15, 0.2) is 6.20 Å². The fourth-order valence-corrected chi connectivity index (χ4v) is 2.85. The second-order valence-corrected chi connectivity index (χ2v) is 6.53. The van der Waals surface area contributed by atoms with Crippen LogP contribution in [0.2, 0.25) is 0 Å². The first-order valence-electron chi connectivity index (χ1n) is 7.35. The summed E-state index contributed by atoms with van der Waals surface area (Å²) in [5.41, 5.74) is 1.74. The van der Waals surface area contributed by atoms with Gasteiger partial charge >= 0.3 is 6.18 Å². The van der Waals surface area contributed by atoms with Crippen LogP contribution >= 0.6 is 0 Å². The molecule has 21 heavy (non-hydrogen) atoms. The number of aromatic nitrogens is 2. The molecule has 6 heteroatoms. The minimum atomic E-state index is -4.27. The Morgan fingerprint density at radius 1 is 1.38 bits per heavy atom. The molecule has 118 valence electrons. The van der Waals surface area contributed by atoms with Gasteiger partial charge in [-0.05, 0) is 31.2 Å². The van der Waals surface area contributed by atoms with Gasteiger partial charge in [-0.1, -0.05) is 20.8 Å². The summed E-state index contributed by atoms with van der Waals surface area (Å²) in [6.07, 6.45) is -1.10. The van der Waals surface area contributed by atoms with Crippen molar-refractivity contribution >= 4 is 0 Å². The van der Waals surface area contributed by atoms with E-state index in [1.54, 1.807) is 6.20 Å². The van der Waals surface area contributed by atoms with Gasteiger partial charge in [0, 0.05) is 23.5 Å². The van der Waals surface area contributed by atoms with Crippen LogP contribution in [0, 0.1) is 5.41 Å². The Bertz CT molecular complexity index is 497. The molecule has 1 aliphatic rings. The van der Waals surface area contributed by atoms with Crippen LogP contribution in [0.25, 0.3) is 0 Å². The zero-order chi connectivity index (χ0) is 15.7. The van der Waals surface area contributed by atoms with Crippen LogP contribution in [0.5, 0.6) is 0 Å². The van der Waals surface area contributed by atoms with Crippen molar-refractivity contribution in [2.45, 2.75) is 58.7 Å². The molecular formula is C15H22F3N3. The number of alkyl halides is 3. The molecular weight excluding hydrogens is 279 g/mol. The van der Waals surface area contributed by atoms with Crippen molar-refractivity contribution in [1.29, 1.82) is 0 Å². The quantitative estimate of drug-likeness (QED) is 0.923. The number of halogens is 3. The largest absolute Gasteiger partial charge is 0.396 e. The normalized spacial score (nSPS) is 21.1. The second kappa shape index (κ2) is 5.91. The van der Waals surface area contributed by atoms with Crippen molar-refractivity contribution in [3.63, 3.8) is 0 Å². The van der Waals surface area contributed by atoms with E-state index in [9.17, 15) is 13.2 Å². The summed E-state index contributed by atoms with van der Waals surface area (Å²) in [5, 5.41) is 3.45. The molecule has 0 aromatic carbocycles. The van der Waals surface area contributed by atoms with Crippen LogP contribution in [0.4, 0.5) is 13.2 Å². The maximum Gasteiger partial charge on any atom is 0.396 e. The molecule has 0 aliphatic heterocycles. The van der Waals surface area contributed by atoms with Gasteiger partial charge in [-0.3, -0.25) is 0 Å². The van der Waals surface area contributed by atoms with Crippen LogP contribution < -0.4 is 5.32 Å². The lowest BCUT2D eigenvalue weighted by atomic mass is 9.74. The van der Waals surface area contributed by atoms with Gasteiger partial charge < -0.3 is 5.32 Å². The van der Waals surface area contributed by atoms with E-state index in [0.29, 0.717) is 6.42 Å². The lowest BCUT2D eigenvalue weighted by molar-refractivity contribution is -0.128. The predicted octanol–water partition coefficient (Wildman–Crippen LogP) is 3.59. The molecule has 0 saturated heterocycles. The third kappa shape index (κ3) is 4.40. The van der Waals surface area contributed by atoms with Crippen LogP contribution in [0.3, 0.4) is 0 Å². The van der Waals surface area contributed by atoms with Gasteiger partial charge in [-0.25, -0.2) is 9.97 Å². The van der Waals surface area contributed by atoms with E-state index in [1.165, 1.54) is 0 Å². The number of hydrogen-bond donors (Lipinski definition) is 1. The molecule has 1 aromatic heterocycles. The number of hydrogen-bond acceptors (Lipinski definition) is 3. The number of rotatable bonds is 4.